The zero-order valence-electron chi connectivity index (χ0n) is 18.2. The van der Waals surface area contributed by atoms with E-state index in [0.717, 1.165) is 69.7 Å². The summed E-state index contributed by atoms with van der Waals surface area (Å²) in [6.07, 6.45) is 0. The van der Waals surface area contributed by atoms with Crippen molar-refractivity contribution >= 4 is 23.2 Å². The summed E-state index contributed by atoms with van der Waals surface area (Å²) in [5.74, 6) is 1.13. The summed E-state index contributed by atoms with van der Waals surface area (Å²) >= 11 is 5.97. The lowest BCUT2D eigenvalue weighted by atomic mass is 10.2. The molecule has 2 aromatic rings. The van der Waals surface area contributed by atoms with Crippen LogP contribution in [0.3, 0.4) is 0 Å². The maximum Gasteiger partial charge on any atom is 0.236 e. The number of amides is 1. The molecule has 0 spiro atoms. The normalized spacial score (nSPS) is 18.3. The van der Waals surface area contributed by atoms with Crippen LogP contribution in [0.25, 0.3) is 0 Å². The maximum atomic E-state index is 12.8. The van der Waals surface area contributed by atoms with E-state index < -0.39 is 0 Å². The van der Waals surface area contributed by atoms with Crippen LogP contribution in [0.2, 0.25) is 5.02 Å². The van der Waals surface area contributed by atoms with Gasteiger partial charge in [-0.1, -0.05) is 23.7 Å². The maximum absolute atomic E-state index is 12.8. The Bertz CT molecular complexity index is 843. The van der Waals surface area contributed by atoms with E-state index in [9.17, 15) is 4.79 Å². The van der Waals surface area contributed by atoms with E-state index >= 15 is 0 Å². The van der Waals surface area contributed by atoms with Crippen LogP contribution in [-0.2, 0) is 11.3 Å². The van der Waals surface area contributed by atoms with Gasteiger partial charge in [0.25, 0.3) is 0 Å². The highest BCUT2D eigenvalue weighted by atomic mass is 35.5. The second-order valence-corrected chi connectivity index (χ2v) is 8.68. The fourth-order valence-corrected chi connectivity index (χ4v) is 4.38. The molecule has 166 valence electrons. The number of anilines is 1. The van der Waals surface area contributed by atoms with Gasteiger partial charge in [-0.3, -0.25) is 14.6 Å². The van der Waals surface area contributed by atoms with Gasteiger partial charge in [0.15, 0.2) is 0 Å². The van der Waals surface area contributed by atoms with E-state index in [1.807, 2.05) is 29.2 Å². The lowest BCUT2D eigenvalue weighted by molar-refractivity contribution is -0.134. The number of hydrogen-bond donors (Lipinski definition) is 0. The number of carbonyl (C=O) groups excluding carboxylic acids is 1. The first-order chi connectivity index (χ1) is 15.1. The Kier molecular flexibility index (Phi) is 7.33. The van der Waals surface area contributed by atoms with Crippen molar-refractivity contribution in [1.82, 2.24) is 14.7 Å². The van der Waals surface area contributed by atoms with Gasteiger partial charge in [0, 0.05) is 69.6 Å². The highest BCUT2D eigenvalue weighted by molar-refractivity contribution is 6.30. The molecule has 31 heavy (non-hydrogen) atoms. The number of ether oxygens (including phenoxy) is 1. The SMILES string of the molecule is COc1ccc(N2CCN(CC(=O)N3CCN(Cc4ccc(Cl)cc4)CC3)CC2)cc1. The number of piperazine rings is 2. The number of rotatable bonds is 6. The van der Waals surface area contributed by atoms with Crippen molar-refractivity contribution in [3.63, 3.8) is 0 Å². The van der Waals surface area contributed by atoms with E-state index in [1.165, 1.54) is 11.3 Å². The summed E-state index contributed by atoms with van der Waals surface area (Å²) in [6, 6.07) is 16.2. The van der Waals surface area contributed by atoms with Crippen LogP contribution in [-0.4, -0.2) is 86.6 Å². The average molecular weight is 443 g/mol. The Morgan fingerprint density at radius 3 is 2.06 bits per heavy atom. The number of benzene rings is 2. The number of methoxy groups -OCH3 is 1. The topological polar surface area (TPSA) is 39.3 Å². The van der Waals surface area contributed by atoms with Gasteiger partial charge >= 0.3 is 0 Å². The highest BCUT2D eigenvalue weighted by Gasteiger charge is 2.25. The molecule has 1 amide bonds. The molecule has 7 heteroatoms. The van der Waals surface area contributed by atoms with Crippen molar-refractivity contribution in [2.75, 3.05) is 70.9 Å². The van der Waals surface area contributed by atoms with Gasteiger partial charge in [0.1, 0.15) is 5.75 Å². The smallest absolute Gasteiger partial charge is 0.236 e. The minimum Gasteiger partial charge on any atom is -0.497 e. The first-order valence-electron chi connectivity index (χ1n) is 11.0. The van der Waals surface area contributed by atoms with Crippen molar-refractivity contribution in [3.05, 3.63) is 59.1 Å². The number of hydrogen-bond acceptors (Lipinski definition) is 5. The predicted molar refractivity (Wildman–Crippen MR) is 125 cm³/mol. The van der Waals surface area contributed by atoms with Gasteiger partial charge in [-0.25, -0.2) is 0 Å². The minimum absolute atomic E-state index is 0.254. The van der Waals surface area contributed by atoms with Gasteiger partial charge in [0.2, 0.25) is 5.91 Å². The Labute approximate surface area is 189 Å². The monoisotopic (exact) mass is 442 g/mol. The van der Waals surface area contributed by atoms with Gasteiger partial charge in [-0.05, 0) is 42.0 Å². The molecule has 0 bridgehead atoms. The Morgan fingerprint density at radius 1 is 0.839 bits per heavy atom. The molecular weight excluding hydrogens is 412 g/mol. The predicted octanol–water partition coefficient (Wildman–Crippen LogP) is 2.82. The second kappa shape index (κ2) is 10.4. The van der Waals surface area contributed by atoms with Crippen LogP contribution in [0, 0.1) is 0 Å². The van der Waals surface area contributed by atoms with Gasteiger partial charge < -0.3 is 14.5 Å². The molecule has 0 aromatic heterocycles. The van der Waals surface area contributed by atoms with E-state index in [0.29, 0.717) is 6.54 Å². The Hall–Kier alpha value is -2.28. The standard InChI is InChI=1S/C24H31ClN4O2/c1-31-23-8-6-22(7-9-23)28-14-10-27(11-15-28)19-24(30)29-16-12-26(13-17-29)18-20-2-4-21(25)5-3-20/h2-9H,10-19H2,1H3. The van der Waals surface area contributed by atoms with Crippen LogP contribution in [0.5, 0.6) is 5.75 Å². The lowest BCUT2D eigenvalue weighted by Gasteiger charge is -2.38. The van der Waals surface area contributed by atoms with E-state index in [1.54, 1.807) is 7.11 Å². The molecule has 4 rings (SSSR count). The molecule has 2 saturated heterocycles. The molecule has 6 nitrogen and oxygen atoms in total. The first kappa shape index (κ1) is 21.9. The minimum atomic E-state index is 0.254. The average Bonchev–Trinajstić information content (AvgIpc) is 2.81. The van der Waals surface area contributed by atoms with E-state index in [2.05, 4.69) is 39.0 Å². The van der Waals surface area contributed by atoms with E-state index in [-0.39, 0.29) is 5.91 Å². The fourth-order valence-electron chi connectivity index (χ4n) is 4.25. The summed E-state index contributed by atoms with van der Waals surface area (Å²) in [7, 11) is 1.68. The zero-order chi connectivity index (χ0) is 21.6. The van der Waals surface area contributed by atoms with Crippen molar-refractivity contribution in [2.45, 2.75) is 6.54 Å². The molecule has 2 fully saturated rings. The first-order valence-corrected chi connectivity index (χ1v) is 11.3. The second-order valence-electron chi connectivity index (χ2n) is 8.24. The molecule has 0 saturated carbocycles. The van der Waals surface area contributed by atoms with Gasteiger partial charge in [0.05, 0.1) is 13.7 Å². The summed E-state index contributed by atoms with van der Waals surface area (Å²) in [6.45, 7) is 8.57. The largest absolute Gasteiger partial charge is 0.497 e. The highest BCUT2D eigenvalue weighted by Crippen LogP contribution is 2.20. The molecule has 0 aliphatic carbocycles. The fraction of sp³-hybridized carbons (Fsp3) is 0.458. The summed E-state index contributed by atoms with van der Waals surface area (Å²) in [4.78, 5) is 21.9. The molecule has 2 aliphatic heterocycles. The van der Waals surface area contributed by atoms with Crippen LogP contribution in [0.4, 0.5) is 5.69 Å². The van der Waals surface area contributed by atoms with Gasteiger partial charge in [-0.2, -0.15) is 0 Å². The van der Waals surface area contributed by atoms with Crippen molar-refractivity contribution in [2.24, 2.45) is 0 Å². The van der Waals surface area contributed by atoms with Crippen molar-refractivity contribution in [3.8, 4) is 5.75 Å². The molecule has 0 atom stereocenters. The van der Waals surface area contributed by atoms with Gasteiger partial charge in [-0.15, -0.1) is 0 Å². The third-order valence-corrected chi connectivity index (χ3v) is 6.47. The number of nitrogens with zero attached hydrogens (tertiary/aromatic N) is 4. The summed E-state index contributed by atoms with van der Waals surface area (Å²) in [5, 5.41) is 0.768. The molecular formula is C24H31ClN4O2. The quantitative estimate of drug-likeness (QED) is 0.688. The van der Waals surface area contributed by atoms with Crippen LogP contribution in [0.1, 0.15) is 5.56 Å². The Balaban J connectivity index is 1.18. The Morgan fingerprint density at radius 2 is 1.45 bits per heavy atom. The van der Waals surface area contributed by atoms with E-state index in [4.69, 9.17) is 16.3 Å². The number of halogens is 1. The number of carbonyl (C=O) groups is 1. The molecule has 2 aromatic carbocycles. The van der Waals surface area contributed by atoms with Crippen LogP contribution in [0.15, 0.2) is 48.5 Å². The molecule has 0 unspecified atom stereocenters. The third-order valence-electron chi connectivity index (χ3n) is 6.21. The zero-order valence-corrected chi connectivity index (χ0v) is 18.9. The molecule has 2 aliphatic rings. The van der Waals surface area contributed by atoms with Crippen LogP contribution >= 0.6 is 11.6 Å². The molecule has 0 radical (unpaired) electrons. The third kappa shape index (κ3) is 5.91. The summed E-state index contributed by atoms with van der Waals surface area (Å²) in [5.41, 5.74) is 2.47. The molecule has 0 N–H and O–H groups in total. The van der Waals surface area contributed by atoms with Crippen molar-refractivity contribution in [1.29, 1.82) is 0 Å². The summed E-state index contributed by atoms with van der Waals surface area (Å²) < 4.78 is 5.24. The van der Waals surface area contributed by atoms with Crippen molar-refractivity contribution < 1.29 is 9.53 Å². The lowest BCUT2D eigenvalue weighted by Crippen LogP contribution is -2.53. The van der Waals surface area contributed by atoms with Crippen LogP contribution < -0.4 is 9.64 Å². The molecule has 2 heterocycles.